The van der Waals surface area contributed by atoms with Gasteiger partial charge in [0.05, 0.1) is 5.56 Å². The maximum atomic E-state index is 11.7. The van der Waals surface area contributed by atoms with Gasteiger partial charge in [0.2, 0.25) is 0 Å². The maximum Gasteiger partial charge on any atom is 0.341 e. The first kappa shape index (κ1) is 15.0. The number of benzene rings is 1. The van der Waals surface area contributed by atoms with Crippen LogP contribution in [0.3, 0.4) is 0 Å². The molecule has 0 saturated heterocycles. The van der Waals surface area contributed by atoms with Crippen LogP contribution in [-0.2, 0) is 9.53 Å². The molecule has 1 amide bonds. The molecular formula is C15H13ClN2O3. The molecule has 0 aliphatic carbocycles. The minimum absolute atomic E-state index is 0.0431. The first-order valence-corrected chi connectivity index (χ1v) is 6.58. The van der Waals surface area contributed by atoms with Crippen molar-refractivity contribution in [2.75, 3.05) is 11.9 Å². The number of carbonyl (C=O) groups is 2. The van der Waals surface area contributed by atoms with E-state index in [0.29, 0.717) is 5.69 Å². The number of aryl methyl sites for hydroxylation is 1. The van der Waals surface area contributed by atoms with Crippen LogP contribution in [0.2, 0.25) is 5.15 Å². The van der Waals surface area contributed by atoms with Gasteiger partial charge in [0, 0.05) is 11.9 Å². The summed E-state index contributed by atoms with van der Waals surface area (Å²) in [5.41, 5.74) is 1.80. The Kier molecular flexibility index (Phi) is 4.90. The number of aromatic nitrogens is 1. The normalized spacial score (nSPS) is 10.0. The van der Waals surface area contributed by atoms with Crippen LogP contribution < -0.4 is 5.32 Å². The van der Waals surface area contributed by atoms with Crippen molar-refractivity contribution in [3.63, 3.8) is 0 Å². The first-order chi connectivity index (χ1) is 10.1. The average molecular weight is 305 g/mol. The van der Waals surface area contributed by atoms with Crippen molar-refractivity contribution < 1.29 is 14.3 Å². The molecule has 0 aliphatic heterocycles. The van der Waals surface area contributed by atoms with Gasteiger partial charge in [0.1, 0.15) is 5.15 Å². The van der Waals surface area contributed by atoms with Crippen LogP contribution in [0, 0.1) is 6.92 Å². The lowest BCUT2D eigenvalue weighted by Gasteiger charge is -2.07. The van der Waals surface area contributed by atoms with Crippen LogP contribution in [-0.4, -0.2) is 23.5 Å². The summed E-state index contributed by atoms with van der Waals surface area (Å²) in [7, 11) is 0. The van der Waals surface area contributed by atoms with Crippen molar-refractivity contribution in [3.05, 3.63) is 58.9 Å². The fraction of sp³-hybridized carbons (Fsp3) is 0.133. The average Bonchev–Trinajstić information content (AvgIpc) is 2.45. The third kappa shape index (κ3) is 4.29. The predicted octanol–water partition coefficient (Wildman–Crippen LogP) is 2.84. The van der Waals surface area contributed by atoms with Gasteiger partial charge in [-0.25, -0.2) is 9.78 Å². The number of rotatable bonds is 4. The lowest BCUT2D eigenvalue weighted by Crippen LogP contribution is -2.21. The second-order valence-corrected chi connectivity index (χ2v) is 4.69. The SMILES string of the molecule is Cc1cccc(NC(=O)COC(=O)c2cccnc2Cl)c1. The number of amides is 1. The van der Waals surface area contributed by atoms with Gasteiger partial charge in [-0.2, -0.15) is 0 Å². The summed E-state index contributed by atoms with van der Waals surface area (Å²) < 4.78 is 4.90. The van der Waals surface area contributed by atoms with E-state index in [2.05, 4.69) is 10.3 Å². The van der Waals surface area contributed by atoms with E-state index in [-0.39, 0.29) is 10.7 Å². The number of anilines is 1. The summed E-state index contributed by atoms with van der Waals surface area (Å²) in [5.74, 6) is -1.11. The zero-order valence-electron chi connectivity index (χ0n) is 11.3. The third-order valence-corrected chi connectivity index (χ3v) is 2.92. The van der Waals surface area contributed by atoms with E-state index in [1.54, 1.807) is 12.1 Å². The molecule has 0 spiro atoms. The standard InChI is InChI=1S/C15H13ClN2O3/c1-10-4-2-5-11(8-10)18-13(19)9-21-15(20)12-6-3-7-17-14(12)16/h2-8H,9H2,1H3,(H,18,19). The topological polar surface area (TPSA) is 68.3 Å². The molecule has 0 fully saturated rings. The van der Waals surface area contributed by atoms with E-state index in [4.69, 9.17) is 16.3 Å². The molecule has 0 saturated carbocycles. The maximum absolute atomic E-state index is 11.7. The van der Waals surface area contributed by atoms with Crippen LogP contribution in [0.25, 0.3) is 0 Å². The molecule has 0 atom stereocenters. The number of hydrogen-bond acceptors (Lipinski definition) is 4. The highest BCUT2D eigenvalue weighted by molar-refractivity contribution is 6.32. The van der Waals surface area contributed by atoms with Gasteiger partial charge in [-0.1, -0.05) is 23.7 Å². The number of ether oxygens (including phenoxy) is 1. The van der Waals surface area contributed by atoms with Crippen molar-refractivity contribution in [2.45, 2.75) is 6.92 Å². The molecule has 1 aromatic heterocycles. The highest BCUT2D eigenvalue weighted by Crippen LogP contribution is 2.13. The number of pyridine rings is 1. The second-order valence-electron chi connectivity index (χ2n) is 4.34. The molecule has 108 valence electrons. The van der Waals surface area contributed by atoms with E-state index < -0.39 is 18.5 Å². The smallest absolute Gasteiger partial charge is 0.341 e. The molecule has 6 heteroatoms. The Hall–Kier alpha value is -2.40. The largest absolute Gasteiger partial charge is 0.452 e. The zero-order valence-corrected chi connectivity index (χ0v) is 12.1. The van der Waals surface area contributed by atoms with E-state index in [1.165, 1.54) is 12.3 Å². The Balaban J connectivity index is 1.90. The van der Waals surface area contributed by atoms with Crippen molar-refractivity contribution in [2.24, 2.45) is 0 Å². The highest BCUT2D eigenvalue weighted by Gasteiger charge is 2.14. The Morgan fingerprint density at radius 3 is 2.81 bits per heavy atom. The molecule has 1 heterocycles. The van der Waals surface area contributed by atoms with Crippen molar-refractivity contribution >= 4 is 29.2 Å². The quantitative estimate of drug-likeness (QED) is 0.696. The van der Waals surface area contributed by atoms with Gasteiger partial charge in [-0.05, 0) is 36.8 Å². The summed E-state index contributed by atoms with van der Waals surface area (Å²) in [4.78, 5) is 27.2. The molecular weight excluding hydrogens is 292 g/mol. The van der Waals surface area contributed by atoms with Gasteiger partial charge in [-0.15, -0.1) is 0 Å². The lowest BCUT2D eigenvalue weighted by atomic mass is 10.2. The first-order valence-electron chi connectivity index (χ1n) is 6.20. The predicted molar refractivity (Wildman–Crippen MR) is 79.3 cm³/mol. The monoisotopic (exact) mass is 304 g/mol. The van der Waals surface area contributed by atoms with E-state index in [1.807, 2.05) is 25.1 Å². The molecule has 0 unspecified atom stereocenters. The molecule has 0 radical (unpaired) electrons. The van der Waals surface area contributed by atoms with Gasteiger partial charge in [0.25, 0.3) is 5.91 Å². The van der Waals surface area contributed by atoms with Gasteiger partial charge in [-0.3, -0.25) is 4.79 Å². The number of hydrogen-bond donors (Lipinski definition) is 1. The minimum atomic E-state index is -0.688. The van der Waals surface area contributed by atoms with Crippen LogP contribution in [0.1, 0.15) is 15.9 Å². The summed E-state index contributed by atoms with van der Waals surface area (Å²) in [6.07, 6.45) is 1.46. The molecule has 5 nitrogen and oxygen atoms in total. The van der Waals surface area contributed by atoms with E-state index in [0.717, 1.165) is 5.56 Å². The summed E-state index contributed by atoms with van der Waals surface area (Å²) >= 11 is 5.77. The lowest BCUT2D eigenvalue weighted by molar-refractivity contribution is -0.119. The number of nitrogens with one attached hydrogen (secondary N) is 1. The molecule has 0 aliphatic rings. The van der Waals surface area contributed by atoms with Crippen LogP contribution >= 0.6 is 11.6 Å². The van der Waals surface area contributed by atoms with Crippen LogP contribution in [0.4, 0.5) is 5.69 Å². The third-order valence-electron chi connectivity index (χ3n) is 2.62. The summed E-state index contributed by atoms with van der Waals surface area (Å²) in [6, 6.07) is 10.4. The molecule has 1 N–H and O–H groups in total. The van der Waals surface area contributed by atoms with Crippen molar-refractivity contribution in [1.82, 2.24) is 4.98 Å². The van der Waals surface area contributed by atoms with Crippen molar-refractivity contribution in [3.8, 4) is 0 Å². The number of nitrogens with zero attached hydrogens (tertiary/aromatic N) is 1. The van der Waals surface area contributed by atoms with Gasteiger partial charge in [0.15, 0.2) is 6.61 Å². The van der Waals surface area contributed by atoms with Gasteiger partial charge < -0.3 is 10.1 Å². The number of esters is 1. The number of halogens is 1. The fourth-order valence-corrected chi connectivity index (χ4v) is 1.86. The van der Waals surface area contributed by atoms with Crippen LogP contribution in [0.5, 0.6) is 0 Å². The molecule has 2 rings (SSSR count). The van der Waals surface area contributed by atoms with Crippen molar-refractivity contribution in [1.29, 1.82) is 0 Å². The van der Waals surface area contributed by atoms with Gasteiger partial charge >= 0.3 is 5.97 Å². The second kappa shape index (κ2) is 6.85. The Labute approximate surface area is 126 Å². The zero-order chi connectivity index (χ0) is 15.2. The van der Waals surface area contributed by atoms with Crippen LogP contribution in [0.15, 0.2) is 42.6 Å². The molecule has 2 aromatic rings. The Morgan fingerprint density at radius 2 is 2.10 bits per heavy atom. The fourth-order valence-electron chi connectivity index (χ4n) is 1.67. The van der Waals surface area contributed by atoms with E-state index in [9.17, 15) is 9.59 Å². The Morgan fingerprint density at radius 1 is 1.29 bits per heavy atom. The number of carbonyl (C=O) groups excluding carboxylic acids is 2. The minimum Gasteiger partial charge on any atom is -0.452 e. The highest BCUT2D eigenvalue weighted by atomic mass is 35.5. The molecule has 0 bridgehead atoms. The molecule has 21 heavy (non-hydrogen) atoms. The molecule has 1 aromatic carbocycles. The summed E-state index contributed by atoms with van der Waals surface area (Å²) in [5, 5.41) is 2.68. The van der Waals surface area contributed by atoms with E-state index >= 15 is 0 Å². The Bertz CT molecular complexity index is 673. The summed E-state index contributed by atoms with van der Waals surface area (Å²) in [6.45, 7) is 1.53.